The van der Waals surface area contributed by atoms with Gasteiger partial charge in [0, 0.05) is 29.2 Å². The number of carbonyl (C=O) groups is 1. The normalized spacial score (nSPS) is 11.7. The van der Waals surface area contributed by atoms with Gasteiger partial charge >= 0.3 is 12.3 Å². The van der Waals surface area contributed by atoms with E-state index >= 15 is 0 Å². The van der Waals surface area contributed by atoms with Crippen molar-refractivity contribution in [1.82, 2.24) is 20.5 Å². The molecule has 3 rings (SSSR count). The zero-order valence-electron chi connectivity index (χ0n) is 18.2. The summed E-state index contributed by atoms with van der Waals surface area (Å²) in [6, 6.07) is 6.15. The van der Waals surface area contributed by atoms with Gasteiger partial charge in [-0.15, -0.1) is 0 Å². The number of aromatic amines is 1. The fraction of sp³-hybridized carbons (Fsp3) is 0.273. The maximum atomic E-state index is 12.9. The summed E-state index contributed by atoms with van der Waals surface area (Å²) in [4.78, 5) is 16.3. The average molecular weight is 460 g/mol. The van der Waals surface area contributed by atoms with Crippen LogP contribution in [0.3, 0.4) is 0 Å². The van der Waals surface area contributed by atoms with Crippen LogP contribution >= 0.6 is 0 Å². The number of benzene rings is 1. The Balaban J connectivity index is 1.90. The van der Waals surface area contributed by atoms with Crippen LogP contribution < -0.4 is 10.6 Å². The molecular formula is C22H23F3N6O2. The largest absolute Gasteiger partial charge is 0.444 e. The van der Waals surface area contributed by atoms with Gasteiger partial charge in [0.05, 0.1) is 24.0 Å². The number of nitrogens with zero attached hydrogens (tertiary/aromatic N) is 2. The molecule has 0 saturated heterocycles. The highest BCUT2D eigenvalue weighted by molar-refractivity contribution is 6.10. The molecule has 0 atom stereocenters. The molecule has 0 spiro atoms. The molecule has 2 heterocycles. The third-order valence-corrected chi connectivity index (χ3v) is 4.35. The van der Waals surface area contributed by atoms with E-state index in [1.165, 1.54) is 18.3 Å². The Morgan fingerprint density at radius 1 is 1.15 bits per heavy atom. The van der Waals surface area contributed by atoms with Crippen molar-refractivity contribution in [2.75, 3.05) is 11.9 Å². The Morgan fingerprint density at radius 2 is 1.85 bits per heavy atom. The molecule has 1 amide bonds. The molecule has 0 aliphatic rings. The van der Waals surface area contributed by atoms with E-state index in [0.29, 0.717) is 22.4 Å². The van der Waals surface area contributed by atoms with Gasteiger partial charge in [-0.3, -0.25) is 5.10 Å². The number of alkyl halides is 3. The summed E-state index contributed by atoms with van der Waals surface area (Å²) in [6.45, 7) is 5.01. The Morgan fingerprint density at radius 3 is 2.42 bits per heavy atom. The summed E-state index contributed by atoms with van der Waals surface area (Å²) in [5.41, 5.74) is 0.526. The summed E-state index contributed by atoms with van der Waals surface area (Å²) >= 11 is 0. The Hall–Kier alpha value is -3.89. The van der Waals surface area contributed by atoms with Crippen molar-refractivity contribution in [3.05, 3.63) is 60.0 Å². The van der Waals surface area contributed by atoms with Crippen molar-refractivity contribution in [1.29, 1.82) is 5.41 Å². The van der Waals surface area contributed by atoms with Crippen LogP contribution in [0.4, 0.5) is 29.5 Å². The number of hydrogen-bond acceptors (Lipinski definition) is 6. The standard InChI is InChI=1S/C22H23F3N6O2/c1-21(2,3)33-20(32)28-12-17(26)18-16(13-10-29-30-11-13)8-9-27-19(18)31-15-6-4-14(5-7-15)22(23,24)25/h4-11,26H,12H2,1-3H3,(H,27,31)(H,28,32)(H,29,30). The highest BCUT2D eigenvalue weighted by atomic mass is 19.4. The van der Waals surface area contributed by atoms with Crippen LogP contribution in [-0.2, 0) is 10.9 Å². The van der Waals surface area contributed by atoms with Gasteiger partial charge in [0.2, 0.25) is 0 Å². The minimum absolute atomic E-state index is 0.0135. The number of halogens is 3. The molecule has 4 N–H and O–H groups in total. The predicted molar refractivity (Wildman–Crippen MR) is 118 cm³/mol. The fourth-order valence-electron chi connectivity index (χ4n) is 2.94. The number of carbonyl (C=O) groups excluding carboxylic acids is 1. The fourth-order valence-corrected chi connectivity index (χ4v) is 2.94. The number of anilines is 2. The molecule has 174 valence electrons. The number of aromatic nitrogens is 3. The SMILES string of the molecule is CC(C)(C)OC(=O)NCC(=N)c1c(-c2cn[nH]c2)ccnc1Nc1ccc(C(F)(F)F)cc1. The van der Waals surface area contributed by atoms with Crippen LogP contribution in [-0.4, -0.2) is 39.1 Å². The smallest absolute Gasteiger partial charge is 0.416 e. The summed E-state index contributed by atoms with van der Waals surface area (Å²) in [6.07, 6.45) is -0.422. The van der Waals surface area contributed by atoms with Crippen molar-refractivity contribution < 1.29 is 22.7 Å². The topological polar surface area (TPSA) is 116 Å². The van der Waals surface area contributed by atoms with Gasteiger partial charge in [0.15, 0.2) is 0 Å². The quantitative estimate of drug-likeness (QED) is 0.381. The molecule has 0 saturated carbocycles. The number of alkyl carbamates (subject to hydrolysis) is 1. The van der Waals surface area contributed by atoms with Crippen molar-refractivity contribution in [3.8, 4) is 11.1 Å². The monoisotopic (exact) mass is 460 g/mol. The zero-order chi connectivity index (χ0) is 24.2. The first kappa shape index (κ1) is 23.8. The summed E-state index contributed by atoms with van der Waals surface area (Å²) in [7, 11) is 0. The summed E-state index contributed by atoms with van der Waals surface area (Å²) in [5, 5.41) is 20.7. The van der Waals surface area contributed by atoms with Gasteiger partial charge in [-0.25, -0.2) is 9.78 Å². The molecule has 0 unspecified atom stereocenters. The molecule has 11 heteroatoms. The average Bonchev–Trinajstić information content (AvgIpc) is 3.25. The number of H-pyrrole nitrogens is 1. The van der Waals surface area contributed by atoms with Crippen LogP contribution in [0.5, 0.6) is 0 Å². The van der Waals surface area contributed by atoms with Crippen LogP contribution in [0.25, 0.3) is 11.1 Å². The number of pyridine rings is 1. The minimum Gasteiger partial charge on any atom is -0.444 e. The first-order chi connectivity index (χ1) is 15.4. The molecular weight excluding hydrogens is 437 g/mol. The van der Waals surface area contributed by atoms with Gasteiger partial charge in [-0.1, -0.05) is 0 Å². The maximum absolute atomic E-state index is 12.9. The lowest BCUT2D eigenvalue weighted by Gasteiger charge is -2.20. The predicted octanol–water partition coefficient (Wildman–Crippen LogP) is 5.13. The van der Waals surface area contributed by atoms with E-state index in [2.05, 4.69) is 25.8 Å². The number of ether oxygens (including phenoxy) is 1. The maximum Gasteiger partial charge on any atom is 0.416 e. The zero-order valence-corrected chi connectivity index (χ0v) is 18.2. The third kappa shape index (κ3) is 6.31. The van der Waals surface area contributed by atoms with Gasteiger partial charge in [-0.2, -0.15) is 18.3 Å². The van der Waals surface area contributed by atoms with Crippen molar-refractivity contribution in [2.45, 2.75) is 32.5 Å². The minimum atomic E-state index is -4.45. The Labute approximate surface area is 188 Å². The second-order valence-electron chi connectivity index (χ2n) is 8.10. The number of rotatable bonds is 6. The molecule has 3 aromatic rings. The lowest BCUT2D eigenvalue weighted by atomic mass is 9.99. The molecule has 33 heavy (non-hydrogen) atoms. The molecule has 0 aliphatic heterocycles. The number of amides is 1. The highest BCUT2D eigenvalue weighted by Crippen LogP contribution is 2.32. The lowest BCUT2D eigenvalue weighted by molar-refractivity contribution is -0.137. The molecule has 0 bridgehead atoms. The Kier molecular flexibility index (Phi) is 6.70. The second-order valence-corrected chi connectivity index (χ2v) is 8.10. The van der Waals surface area contributed by atoms with E-state index < -0.39 is 23.4 Å². The first-order valence-corrected chi connectivity index (χ1v) is 9.91. The van der Waals surface area contributed by atoms with Crippen LogP contribution in [0, 0.1) is 5.41 Å². The van der Waals surface area contributed by atoms with Crippen LogP contribution in [0.2, 0.25) is 0 Å². The van der Waals surface area contributed by atoms with E-state index in [1.54, 1.807) is 39.2 Å². The van der Waals surface area contributed by atoms with E-state index in [4.69, 9.17) is 10.1 Å². The van der Waals surface area contributed by atoms with Gasteiger partial charge < -0.3 is 20.8 Å². The molecule has 0 radical (unpaired) electrons. The van der Waals surface area contributed by atoms with Crippen molar-refractivity contribution in [2.24, 2.45) is 0 Å². The number of hydrogen-bond donors (Lipinski definition) is 4. The van der Waals surface area contributed by atoms with Gasteiger partial charge in [-0.05, 0) is 56.7 Å². The van der Waals surface area contributed by atoms with E-state index in [1.807, 2.05) is 0 Å². The van der Waals surface area contributed by atoms with Crippen LogP contribution in [0.15, 0.2) is 48.9 Å². The summed E-state index contributed by atoms with van der Waals surface area (Å²) < 4.78 is 43.8. The van der Waals surface area contributed by atoms with Gasteiger partial charge in [0.1, 0.15) is 11.4 Å². The van der Waals surface area contributed by atoms with Crippen LogP contribution in [0.1, 0.15) is 31.9 Å². The molecule has 2 aromatic heterocycles. The third-order valence-electron chi connectivity index (χ3n) is 4.35. The molecule has 8 nitrogen and oxygen atoms in total. The lowest BCUT2D eigenvalue weighted by Crippen LogP contribution is -2.35. The molecule has 0 fully saturated rings. The molecule has 1 aromatic carbocycles. The van der Waals surface area contributed by atoms with Gasteiger partial charge in [0.25, 0.3) is 0 Å². The van der Waals surface area contributed by atoms with E-state index in [-0.39, 0.29) is 18.1 Å². The number of nitrogens with one attached hydrogen (secondary N) is 4. The first-order valence-electron chi connectivity index (χ1n) is 9.91. The highest BCUT2D eigenvalue weighted by Gasteiger charge is 2.30. The van der Waals surface area contributed by atoms with Crippen molar-refractivity contribution in [3.63, 3.8) is 0 Å². The van der Waals surface area contributed by atoms with E-state index in [9.17, 15) is 18.0 Å². The van der Waals surface area contributed by atoms with Crippen molar-refractivity contribution >= 4 is 23.3 Å². The Bertz CT molecular complexity index is 1120. The van der Waals surface area contributed by atoms with E-state index in [0.717, 1.165) is 12.1 Å². The summed E-state index contributed by atoms with van der Waals surface area (Å²) in [5.74, 6) is 0.240. The second kappa shape index (κ2) is 9.31. The molecule has 0 aliphatic carbocycles.